The molecule has 1 aromatic heterocycles. The summed E-state index contributed by atoms with van der Waals surface area (Å²) in [6, 6.07) is 7.43. The number of nitrogens with zero attached hydrogens (tertiary/aromatic N) is 3. The third-order valence-electron chi connectivity index (χ3n) is 3.76. The lowest BCUT2D eigenvalue weighted by Crippen LogP contribution is -2.37. The number of ether oxygens (including phenoxy) is 2. The van der Waals surface area contributed by atoms with E-state index in [9.17, 15) is 9.59 Å². The first-order valence-electron chi connectivity index (χ1n) is 8.54. The van der Waals surface area contributed by atoms with E-state index in [4.69, 9.17) is 9.47 Å². The number of esters is 1. The van der Waals surface area contributed by atoms with Crippen molar-refractivity contribution in [2.45, 2.75) is 52.9 Å². The van der Waals surface area contributed by atoms with Gasteiger partial charge in [0.25, 0.3) is 0 Å². The van der Waals surface area contributed by atoms with Crippen LogP contribution < -0.4 is 4.90 Å². The lowest BCUT2D eigenvalue weighted by atomic mass is 10.1. The normalized spacial score (nSPS) is 13.2. The summed E-state index contributed by atoms with van der Waals surface area (Å²) < 4.78 is 12.6. The van der Waals surface area contributed by atoms with Gasteiger partial charge in [-0.05, 0) is 46.8 Å². The van der Waals surface area contributed by atoms with Crippen LogP contribution in [0.2, 0.25) is 0 Å². The van der Waals surface area contributed by atoms with Crippen LogP contribution in [0, 0.1) is 0 Å². The van der Waals surface area contributed by atoms with Crippen LogP contribution in [0.3, 0.4) is 0 Å². The molecule has 1 aliphatic heterocycles. The monoisotopic (exact) mass is 357 g/mol. The summed E-state index contributed by atoms with van der Waals surface area (Å²) >= 11 is 0. The number of hydrogen-bond donors (Lipinski definition) is 0. The maximum absolute atomic E-state index is 12.6. The molecule has 138 valence electrons. The zero-order valence-corrected chi connectivity index (χ0v) is 15.6. The van der Waals surface area contributed by atoms with Gasteiger partial charge in [-0.25, -0.2) is 14.6 Å². The summed E-state index contributed by atoms with van der Waals surface area (Å²) in [6.45, 7) is 9.17. The van der Waals surface area contributed by atoms with Crippen LogP contribution in [0.15, 0.2) is 30.6 Å². The van der Waals surface area contributed by atoms with Gasteiger partial charge in [0.2, 0.25) is 0 Å². The number of rotatable bonds is 2. The zero-order chi connectivity index (χ0) is 19.1. The Morgan fingerprint density at radius 2 is 1.81 bits per heavy atom. The second kappa shape index (κ2) is 6.48. The van der Waals surface area contributed by atoms with Gasteiger partial charge in [-0.1, -0.05) is 12.1 Å². The maximum atomic E-state index is 12.6. The van der Waals surface area contributed by atoms with Gasteiger partial charge in [0.05, 0.1) is 29.7 Å². The summed E-state index contributed by atoms with van der Waals surface area (Å²) in [4.78, 5) is 30.9. The Bertz CT molecular complexity index is 849. The van der Waals surface area contributed by atoms with E-state index in [1.807, 2.05) is 28.8 Å². The third-order valence-corrected chi connectivity index (χ3v) is 3.76. The van der Waals surface area contributed by atoms with E-state index in [0.29, 0.717) is 11.4 Å². The highest BCUT2D eigenvalue weighted by molar-refractivity contribution is 5.94. The van der Waals surface area contributed by atoms with Crippen molar-refractivity contribution < 1.29 is 19.1 Å². The third kappa shape index (κ3) is 3.42. The van der Waals surface area contributed by atoms with Crippen LogP contribution in [0.1, 0.15) is 50.8 Å². The minimum absolute atomic E-state index is 0.178. The molecule has 1 aliphatic rings. The van der Waals surface area contributed by atoms with Crippen molar-refractivity contribution in [1.29, 1.82) is 0 Å². The molecule has 7 heteroatoms. The van der Waals surface area contributed by atoms with Gasteiger partial charge < -0.3 is 9.47 Å². The van der Waals surface area contributed by atoms with Crippen LogP contribution in [0.25, 0.3) is 5.69 Å². The van der Waals surface area contributed by atoms with Crippen molar-refractivity contribution in [1.82, 2.24) is 9.55 Å². The number of imidazole rings is 1. The van der Waals surface area contributed by atoms with E-state index in [1.165, 1.54) is 4.90 Å². The van der Waals surface area contributed by atoms with Gasteiger partial charge in [-0.15, -0.1) is 0 Å². The Morgan fingerprint density at radius 3 is 2.42 bits per heavy atom. The van der Waals surface area contributed by atoms with Gasteiger partial charge >= 0.3 is 12.1 Å². The van der Waals surface area contributed by atoms with E-state index < -0.39 is 17.7 Å². The quantitative estimate of drug-likeness (QED) is 0.766. The molecule has 2 heterocycles. The van der Waals surface area contributed by atoms with Crippen molar-refractivity contribution in [3.05, 3.63) is 42.0 Å². The zero-order valence-electron chi connectivity index (χ0n) is 15.6. The topological polar surface area (TPSA) is 73.7 Å². The molecule has 26 heavy (non-hydrogen) atoms. The molecule has 7 nitrogen and oxygen atoms in total. The molecule has 0 fully saturated rings. The fourth-order valence-corrected chi connectivity index (χ4v) is 2.79. The Balaban J connectivity index is 2.03. The number of aromatic nitrogens is 2. The van der Waals surface area contributed by atoms with E-state index in [-0.39, 0.29) is 18.3 Å². The lowest BCUT2D eigenvalue weighted by Gasteiger charge is -2.30. The van der Waals surface area contributed by atoms with Crippen LogP contribution in [0.5, 0.6) is 0 Å². The number of para-hydroxylation sites is 2. The summed E-state index contributed by atoms with van der Waals surface area (Å²) in [5.41, 5.74) is 1.64. The predicted octanol–water partition coefficient (Wildman–Crippen LogP) is 3.69. The molecule has 0 spiro atoms. The molecule has 0 atom stereocenters. The molecule has 0 N–H and O–H groups in total. The first-order valence-corrected chi connectivity index (χ1v) is 8.54. The number of carbonyl (C=O) groups is 2. The van der Waals surface area contributed by atoms with Crippen molar-refractivity contribution in [2.24, 2.45) is 0 Å². The Labute approximate surface area is 152 Å². The van der Waals surface area contributed by atoms with Crippen LogP contribution >= 0.6 is 0 Å². The predicted molar refractivity (Wildman–Crippen MR) is 96.5 cm³/mol. The number of carbonyl (C=O) groups excluding carboxylic acids is 2. The average molecular weight is 357 g/mol. The van der Waals surface area contributed by atoms with Gasteiger partial charge in [0.15, 0.2) is 5.69 Å². The Hall–Kier alpha value is -2.83. The largest absolute Gasteiger partial charge is 0.455 e. The molecule has 0 bridgehead atoms. The van der Waals surface area contributed by atoms with Gasteiger partial charge in [-0.3, -0.25) is 9.47 Å². The number of anilines is 1. The molecule has 0 radical (unpaired) electrons. The second-order valence-electron chi connectivity index (χ2n) is 7.42. The van der Waals surface area contributed by atoms with E-state index in [0.717, 1.165) is 5.69 Å². The van der Waals surface area contributed by atoms with Gasteiger partial charge in [-0.2, -0.15) is 0 Å². The summed E-state index contributed by atoms with van der Waals surface area (Å²) in [5, 5.41) is 0. The molecule has 2 aromatic rings. The molecular weight excluding hydrogens is 334 g/mol. The van der Waals surface area contributed by atoms with Crippen LogP contribution in [-0.2, 0) is 16.0 Å². The highest BCUT2D eigenvalue weighted by Crippen LogP contribution is 2.34. The molecule has 0 unspecified atom stereocenters. The van der Waals surface area contributed by atoms with Gasteiger partial charge in [0, 0.05) is 0 Å². The fraction of sp³-hybridized carbons (Fsp3) is 0.421. The first-order chi connectivity index (χ1) is 12.2. The van der Waals surface area contributed by atoms with Gasteiger partial charge in [0.1, 0.15) is 11.9 Å². The lowest BCUT2D eigenvalue weighted by molar-refractivity contribution is 0.00617. The minimum atomic E-state index is -0.629. The summed E-state index contributed by atoms with van der Waals surface area (Å²) in [6.07, 6.45) is 0.875. The van der Waals surface area contributed by atoms with Crippen LogP contribution in [0.4, 0.5) is 10.5 Å². The first kappa shape index (κ1) is 18.0. The summed E-state index contributed by atoms with van der Waals surface area (Å²) in [7, 11) is 0. The number of amides is 1. The number of hydrogen-bond acceptors (Lipinski definition) is 5. The van der Waals surface area contributed by atoms with E-state index in [2.05, 4.69) is 4.98 Å². The van der Waals surface area contributed by atoms with Crippen molar-refractivity contribution in [3.63, 3.8) is 0 Å². The number of fused-ring (bicyclic) bond motifs is 3. The highest BCUT2D eigenvalue weighted by Gasteiger charge is 2.33. The molecular formula is C19H23N3O4. The van der Waals surface area contributed by atoms with Crippen molar-refractivity contribution in [2.75, 3.05) is 4.90 Å². The Kier molecular flexibility index (Phi) is 4.48. The van der Waals surface area contributed by atoms with Crippen molar-refractivity contribution in [3.8, 4) is 5.69 Å². The molecule has 0 saturated heterocycles. The molecule has 1 aromatic carbocycles. The molecule has 1 amide bonds. The standard InChI is InChI=1S/C19H23N3O4/c1-12(2)25-18(24)21-10-15-16(17(23)26-19(3,4)5)20-11-22(15)14-9-7-6-8-13(14)21/h6-9,11-12H,10H2,1-5H3. The number of benzene rings is 1. The molecule has 0 aliphatic carbocycles. The van der Waals surface area contributed by atoms with Crippen molar-refractivity contribution >= 4 is 17.7 Å². The fourth-order valence-electron chi connectivity index (χ4n) is 2.79. The summed E-state index contributed by atoms with van der Waals surface area (Å²) in [5.74, 6) is -0.511. The Morgan fingerprint density at radius 1 is 1.15 bits per heavy atom. The van der Waals surface area contributed by atoms with E-state index >= 15 is 0 Å². The molecule has 3 rings (SSSR count). The SMILES string of the molecule is CC(C)OC(=O)N1Cc2c(C(=O)OC(C)(C)C)ncn2-c2ccccc21. The smallest absolute Gasteiger partial charge is 0.414 e. The minimum Gasteiger partial charge on any atom is -0.455 e. The maximum Gasteiger partial charge on any atom is 0.414 e. The highest BCUT2D eigenvalue weighted by atomic mass is 16.6. The average Bonchev–Trinajstić information content (AvgIpc) is 2.96. The molecule has 0 saturated carbocycles. The van der Waals surface area contributed by atoms with Crippen LogP contribution in [-0.4, -0.2) is 33.3 Å². The van der Waals surface area contributed by atoms with E-state index in [1.54, 1.807) is 40.9 Å². The second-order valence-corrected chi connectivity index (χ2v) is 7.42.